The van der Waals surface area contributed by atoms with Gasteiger partial charge in [0, 0.05) is 0 Å². The molecule has 0 aromatic rings. The first kappa shape index (κ1) is 13.7. The van der Waals surface area contributed by atoms with E-state index in [1.165, 1.54) is 32.1 Å². The smallest absolute Gasteiger partial charge is 0.0232 e. The fourth-order valence-corrected chi connectivity index (χ4v) is 1.83. The van der Waals surface area contributed by atoms with Crippen molar-refractivity contribution < 1.29 is 0 Å². The van der Waals surface area contributed by atoms with Crippen LogP contribution in [-0.4, -0.2) is 0 Å². The molecular weight excluding hydrogens is 168 g/mol. The Labute approximate surface area is 90.8 Å². The maximum atomic E-state index is 2.38. The van der Waals surface area contributed by atoms with Gasteiger partial charge in [0.15, 0.2) is 0 Å². The second-order valence-corrected chi connectivity index (χ2v) is 4.84. The molecule has 14 heavy (non-hydrogen) atoms. The van der Waals surface area contributed by atoms with Crippen LogP contribution in [0.15, 0.2) is 11.6 Å². The van der Waals surface area contributed by atoms with Crippen LogP contribution in [0.4, 0.5) is 0 Å². The predicted molar refractivity (Wildman–Crippen MR) is 66.5 cm³/mol. The van der Waals surface area contributed by atoms with Gasteiger partial charge in [-0.05, 0) is 38.0 Å². The van der Waals surface area contributed by atoms with Gasteiger partial charge in [0.05, 0.1) is 0 Å². The van der Waals surface area contributed by atoms with Crippen molar-refractivity contribution in [2.24, 2.45) is 11.8 Å². The lowest BCUT2D eigenvalue weighted by molar-refractivity contribution is 0.514. The molecule has 0 heterocycles. The third-order valence-electron chi connectivity index (χ3n) is 3.00. The zero-order valence-electron chi connectivity index (χ0n) is 10.8. The van der Waals surface area contributed by atoms with Gasteiger partial charge in [-0.25, -0.2) is 0 Å². The minimum atomic E-state index is 0.804. The van der Waals surface area contributed by atoms with Gasteiger partial charge in [-0.3, -0.25) is 0 Å². The Balaban J connectivity index is 3.88. The Morgan fingerprint density at radius 3 is 2.21 bits per heavy atom. The van der Waals surface area contributed by atoms with Gasteiger partial charge in [0.1, 0.15) is 0 Å². The molecule has 0 aromatic heterocycles. The summed E-state index contributed by atoms with van der Waals surface area (Å²) in [6.07, 6.45) is 9.05. The molecule has 0 aliphatic rings. The predicted octanol–water partition coefficient (Wildman–Crippen LogP) is 5.20. The fourth-order valence-electron chi connectivity index (χ4n) is 1.83. The number of rotatable bonds is 7. The van der Waals surface area contributed by atoms with Crippen LogP contribution in [-0.2, 0) is 0 Å². The van der Waals surface area contributed by atoms with Crippen LogP contribution in [0.3, 0.4) is 0 Å². The zero-order valence-corrected chi connectivity index (χ0v) is 10.8. The number of hydrogen-bond acceptors (Lipinski definition) is 0. The Morgan fingerprint density at radius 2 is 1.79 bits per heavy atom. The summed E-state index contributed by atoms with van der Waals surface area (Å²) in [5.41, 5.74) is 1.67. The van der Waals surface area contributed by atoms with Gasteiger partial charge >= 0.3 is 0 Å². The molecule has 0 N–H and O–H groups in total. The molecular formula is C14H28. The molecule has 1 unspecified atom stereocenters. The Morgan fingerprint density at radius 1 is 1.14 bits per heavy atom. The van der Waals surface area contributed by atoms with Crippen molar-refractivity contribution in [1.82, 2.24) is 0 Å². The van der Waals surface area contributed by atoms with Gasteiger partial charge in [0.2, 0.25) is 0 Å². The van der Waals surface area contributed by atoms with E-state index < -0.39 is 0 Å². The van der Waals surface area contributed by atoms with E-state index in [0.29, 0.717) is 0 Å². The van der Waals surface area contributed by atoms with E-state index in [9.17, 15) is 0 Å². The fraction of sp³-hybridized carbons (Fsp3) is 0.857. The van der Waals surface area contributed by atoms with Crippen LogP contribution >= 0.6 is 0 Å². The third kappa shape index (κ3) is 6.23. The van der Waals surface area contributed by atoms with E-state index in [0.717, 1.165) is 11.8 Å². The van der Waals surface area contributed by atoms with E-state index >= 15 is 0 Å². The summed E-state index contributed by atoms with van der Waals surface area (Å²) in [5, 5.41) is 0. The first-order valence-electron chi connectivity index (χ1n) is 6.26. The highest BCUT2D eigenvalue weighted by molar-refractivity contribution is 5.04. The highest BCUT2D eigenvalue weighted by Gasteiger charge is 2.07. The van der Waals surface area contributed by atoms with Crippen LogP contribution < -0.4 is 0 Å². The van der Waals surface area contributed by atoms with Crippen LogP contribution in [0.2, 0.25) is 0 Å². The first-order valence-corrected chi connectivity index (χ1v) is 6.26. The Bertz CT molecular complexity index is 153. The SMILES string of the molecule is C/C=C(\CCC(C)C)C(C)CCCC. The van der Waals surface area contributed by atoms with Crippen LogP contribution in [0.1, 0.15) is 66.7 Å². The average molecular weight is 196 g/mol. The lowest BCUT2D eigenvalue weighted by Gasteiger charge is -2.16. The maximum Gasteiger partial charge on any atom is -0.0232 e. The largest absolute Gasteiger partial charge is 0.0882 e. The number of unbranched alkanes of at least 4 members (excludes halogenated alkanes) is 1. The van der Waals surface area contributed by atoms with Gasteiger partial charge in [0.25, 0.3) is 0 Å². The lowest BCUT2D eigenvalue weighted by Crippen LogP contribution is -2.01. The highest BCUT2D eigenvalue weighted by Crippen LogP contribution is 2.23. The van der Waals surface area contributed by atoms with Gasteiger partial charge < -0.3 is 0 Å². The van der Waals surface area contributed by atoms with Gasteiger partial charge in [-0.2, -0.15) is 0 Å². The molecule has 0 heteroatoms. The van der Waals surface area contributed by atoms with E-state index in [-0.39, 0.29) is 0 Å². The normalized spacial score (nSPS) is 14.9. The van der Waals surface area contributed by atoms with Crippen molar-refractivity contribution in [3.05, 3.63) is 11.6 Å². The molecule has 0 aliphatic carbocycles. The van der Waals surface area contributed by atoms with E-state index in [1.54, 1.807) is 5.57 Å². The molecule has 0 aromatic carbocycles. The Kier molecular flexibility index (Phi) is 7.93. The van der Waals surface area contributed by atoms with Crippen LogP contribution in [0, 0.1) is 11.8 Å². The standard InChI is InChI=1S/C14H28/c1-6-8-9-13(5)14(7-2)11-10-12(3)4/h7,12-13H,6,8-11H2,1-5H3/b14-7+. The molecule has 0 fully saturated rings. The topological polar surface area (TPSA) is 0 Å². The van der Waals surface area contributed by atoms with Crippen LogP contribution in [0.25, 0.3) is 0 Å². The molecule has 0 spiro atoms. The molecule has 0 saturated carbocycles. The second-order valence-electron chi connectivity index (χ2n) is 4.84. The molecule has 0 aliphatic heterocycles. The van der Waals surface area contributed by atoms with Gasteiger partial charge in [-0.15, -0.1) is 0 Å². The maximum absolute atomic E-state index is 2.38. The molecule has 0 saturated heterocycles. The van der Waals surface area contributed by atoms with E-state index in [2.05, 4.69) is 40.7 Å². The van der Waals surface area contributed by atoms with Crippen molar-refractivity contribution in [1.29, 1.82) is 0 Å². The summed E-state index contributed by atoms with van der Waals surface area (Å²) in [4.78, 5) is 0. The summed E-state index contributed by atoms with van der Waals surface area (Å²) < 4.78 is 0. The van der Waals surface area contributed by atoms with E-state index in [4.69, 9.17) is 0 Å². The summed E-state index contributed by atoms with van der Waals surface area (Å²) in [6, 6.07) is 0. The second kappa shape index (κ2) is 8.08. The summed E-state index contributed by atoms with van der Waals surface area (Å²) in [7, 11) is 0. The minimum absolute atomic E-state index is 0.804. The summed E-state index contributed by atoms with van der Waals surface area (Å²) >= 11 is 0. The monoisotopic (exact) mass is 196 g/mol. The molecule has 1 atom stereocenters. The van der Waals surface area contributed by atoms with Crippen LogP contribution in [0.5, 0.6) is 0 Å². The summed E-state index contributed by atoms with van der Waals surface area (Å²) in [5.74, 6) is 1.64. The minimum Gasteiger partial charge on any atom is -0.0882 e. The Hall–Kier alpha value is -0.260. The summed E-state index contributed by atoms with van der Waals surface area (Å²) in [6.45, 7) is 11.5. The molecule has 0 bridgehead atoms. The van der Waals surface area contributed by atoms with Crippen molar-refractivity contribution in [3.8, 4) is 0 Å². The molecule has 0 radical (unpaired) electrons. The number of allylic oxidation sites excluding steroid dienone is 2. The highest BCUT2D eigenvalue weighted by atomic mass is 14.1. The van der Waals surface area contributed by atoms with E-state index in [1.807, 2.05) is 0 Å². The third-order valence-corrected chi connectivity index (χ3v) is 3.00. The van der Waals surface area contributed by atoms with Crippen molar-refractivity contribution >= 4 is 0 Å². The quantitative estimate of drug-likeness (QED) is 0.491. The molecule has 84 valence electrons. The first-order chi connectivity index (χ1) is 6.61. The van der Waals surface area contributed by atoms with Gasteiger partial charge in [-0.1, -0.05) is 52.2 Å². The van der Waals surface area contributed by atoms with Crippen molar-refractivity contribution in [2.75, 3.05) is 0 Å². The average Bonchev–Trinajstić information content (AvgIpc) is 2.15. The molecule has 0 rings (SSSR count). The number of hydrogen-bond donors (Lipinski definition) is 0. The van der Waals surface area contributed by atoms with Crippen molar-refractivity contribution in [3.63, 3.8) is 0 Å². The molecule has 0 nitrogen and oxygen atoms in total. The lowest BCUT2D eigenvalue weighted by atomic mass is 9.90. The zero-order chi connectivity index (χ0) is 11.0. The van der Waals surface area contributed by atoms with Crippen molar-refractivity contribution in [2.45, 2.75) is 66.7 Å². The molecule has 0 amide bonds.